The molecule has 0 aliphatic heterocycles. The molecule has 2 N–H and O–H groups in total. The molecule has 2 amide bonds. The Labute approximate surface area is 173 Å². The zero-order chi connectivity index (χ0) is 22.0. The lowest BCUT2D eigenvalue weighted by molar-refractivity contribution is -0.122. The van der Waals surface area contributed by atoms with E-state index in [9.17, 15) is 22.4 Å². The first-order valence-corrected chi connectivity index (χ1v) is 9.09. The van der Waals surface area contributed by atoms with Crippen LogP contribution in [0.15, 0.2) is 67.1 Å². The molecule has 6 nitrogen and oxygen atoms in total. The molecule has 0 aliphatic rings. The van der Waals surface area contributed by atoms with E-state index in [0.717, 1.165) is 5.56 Å². The van der Waals surface area contributed by atoms with Crippen LogP contribution in [0.4, 0.5) is 28.0 Å². The molecule has 2 heterocycles. The maximum Gasteiger partial charge on any atom is 0.405 e. The molecular formula is C21H15F4N5O. The molecule has 0 unspecified atom stereocenters. The van der Waals surface area contributed by atoms with Gasteiger partial charge in [-0.25, -0.2) is 14.2 Å². The summed E-state index contributed by atoms with van der Waals surface area (Å²) in [5.74, 6) is -0.350. The van der Waals surface area contributed by atoms with Gasteiger partial charge in [-0.3, -0.25) is 9.38 Å². The van der Waals surface area contributed by atoms with E-state index >= 15 is 0 Å². The largest absolute Gasteiger partial charge is 0.405 e. The highest BCUT2D eigenvalue weighted by Crippen LogP contribution is 2.26. The second-order valence-corrected chi connectivity index (χ2v) is 6.65. The number of anilines is 1. The van der Waals surface area contributed by atoms with Gasteiger partial charge in [0.15, 0.2) is 5.65 Å². The van der Waals surface area contributed by atoms with Crippen LogP contribution >= 0.6 is 0 Å². The van der Waals surface area contributed by atoms with Crippen LogP contribution in [0.3, 0.4) is 0 Å². The number of alkyl halides is 3. The number of halogens is 4. The number of hydrogen-bond acceptors (Lipinski definition) is 3. The highest BCUT2D eigenvalue weighted by molar-refractivity contribution is 5.90. The van der Waals surface area contributed by atoms with Crippen molar-refractivity contribution >= 4 is 17.4 Å². The monoisotopic (exact) mass is 429 g/mol. The number of aromatic nitrogens is 3. The van der Waals surface area contributed by atoms with Crippen LogP contribution in [0, 0.1) is 5.82 Å². The fraction of sp³-hybridized carbons (Fsp3) is 0.0952. The van der Waals surface area contributed by atoms with E-state index in [1.807, 2.05) is 0 Å². The van der Waals surface area contributed by atoms with Crippen molar-refractivity contribution in [1.82, 2.24) is 19.7 Å². The molecule has 158 valence electrons. The Hall–Kier alpha value is -3.95. The fourth-order valence-electron chi connectivity index (χ4n) is 2.98. The summed E-state index contributed by atoms with van der Waals surface area (Å²) >= 11 is 0. The minimum atomic E-state index is -4.49. The van der Waals surface area contributed by atoms with Crippen molar-refractivity contribution in [2.45, 2.75) is 6.18 Å². The molecule has 10 heteroatoms. The molecular weight excluding hydrogens is 414 g/mol. The first-order chi connectivity index (χ1) is 14.8. The van der Waals surface area contributed by atoms with E-state index in [-0.39, 0.29) is 5.82 Å². The van der Waals surface area contributed by atoms with Gasteiger partial charge in [-0.1, -0.05) is 12.1 Å². The number of urea groups is 1. The predicted molar refractivity (Wildman–Crippen MR) is 107 cm³/mol. The summed E-state index contributed by atoms with van der Waals surface area (Å²) < 4.78 is 51.7. The van der Waals surface area contributed by atoms with Gasteiger partial charge < -0.3 is 10.6 Å². The molecule has 4 rings (SSSR count). The third-order valence-electron chi connectivity index (χ3n) is 4.40. The number of benzene rings is 2. The lowest BCUT2D eigenvalue weighted by Crippen LogP contribution is -2.36. The first-order valence-electron chi connectivity index (χ1n) is 9.09. The number of fused-ring (bicyclic) bond motifs is 1. The van der Waals surface area contributed by atoms with Crippen molar-refractivity contribution in [2.75, 3.05) is 11.9 Å². The number of nitrogens with zero attached hydrogens (tertiary/aromatic N) is 3. The minimum absolute atomic E-state index is 0.319. The predicted octanol–water partition coefficient (Wildman–Crippen LogP) is 4.89. The maximum absolute atomic E-state index is 13.2. The third-order valence-corrected chi connectivity index (χ3v) is 4.40. The number of hydrogen-bond donors (Lipinski definition) is 2. The fourth-order valence-corrected chi connectivity index (χ4v) is 2.98. The number of amides is 2. The normalized spacial score (nSPS) is 11.5. The van der Waals surface area contributed by atoms with Crippen molar-refractivity contribution in [2.24, 2.45) is 0 Å². The molecule has 2 aromatic carbocycles. The second-order valence-electron chi connectivity index (χ2n) is 6.65. The van der Waals surface area contributed by atoms with Gasteiger partial charge in [-0.05, 0) is 36.4 Å². The van der Waals surface area contributed by atoms with Crippen molar-refractivity contribution in [3.05, 3.63) is 72.9 Å². The Morgan fingerprint density at radius 3 is 2.52 bits per heavy atom. The van der Waals surface area contributed by atoms with Gasteiger partial charge in [0, 0.05) is 23.0 Å². The number of nitrogens with one attached hydrogen (secondary N) is 2. The zero-order valence-electron chi connectivity index (χ0n) is 15.8. The first kappa shape index (κ1) is 20.3. The quantitative estimate of drug-likeness (QED) is 0.454. The Balaban J connectivity index is 1.61. The van der Waals surface area contributed by atoms with Gasteiger partial charge in [0.1, 0.15) is 12.4 Å². The second kappa shape index (κ2) is 8.05. The number of carbonyl (C=O) groups is 1. The SMILES string of the molecule is O=C(NCC(F)(F)F)Nc1cccc(-c2cnc3cnc(-c4ccc(F)cc4)cn23)c1. The molecule has 0 bridgehead atoms. The Morgan fingerprint density at radius 1 is 1.00 bits per heavy atom. The van der Waals surface area contributed by atoms with Crippen LogP contribution in [-0.2, 0) is 0 Å². The van der Waals surface area contributed by atoms with Crippen LogP contribution < -0.4 is 10.6 Å². The van der Waals surface area contributed by atoms with Crippen molar-refractivity contribution in [3.63, 3.8) is 0 Å². The summed E-state index contributed by atoms with van der Waals surface area (Å²) in [5.41, 5.74) is 3.58. The van der Waals surface area contributed by atoms with Gasteiger partial charge >= 0.3 is 12.2 Å². The lowest BCUT2D eigenvalue weighted by Gasteiger charge is -2.11. The Morgan fingerprint density at radius 2 is 1.77 bits per heavy atom. The lowest BCUT2D eigenvalue weighted by atomic mass is 10.1. The van der Waals surface area contributed by atoms with Crippen molar-refractivity contribution in [1.29, 1.82) is 0 Å². The zero-order valence-corrected chi connectivity index (χ0v) is 15.8. The molecule has 2 aromatic heterocycles. The molecule has 4 aromatic rings. The summed E-state index contributed by atoms with van der Waals surface area (Å²) in [5, 5.41) is 4.14. The van der Waals surface area contributed by atoms with E-state index in [2.05, 4.69) is 15.3 Å². The minimum Gasteiger partial charge on any atom is -0.329 e. The van der Waals surface area contributed by atoms with Gasteiger partial charge in [-0.2, -0.15) is 13.2 Å². The van der Waals surface area contributed by atoms with Crippen LogP contribution in [0.5, 0.6) is 0 Å². The molecule has 0 atom stereocenters. The highest BCUT2D eigenvalue weighted by atomic mass is 19.4. The average Bonchev–Trinajstić information content (AvgIpc) is 3.16. The van der Waals surface area contributed by atoms with Gasteiger partial charge in [0.05, 0.1) is 23.8 Å². The van der Waals surface area contributed by atoms with Gasteiger partial charge in [-0.15, -0.1) is 0 Å². The van der Waals surface area contributed by atoms with Crippen LogP contribution in [0.25, 0.3) is 28.2 Å². The van der Waals surface area contributed by atoms with Crippen molar-refractivity contribution < 1.29 is 22.4 Å². The molecule has 0 saturated heterocycles. The summed E-state index contributed by atoms with van der Waals surface area (Å²) in [4.78, 5) is 20.4. The maximum atomic E-state index is 13.2. The van der Waals surface area contributed by atoms with Gasteiger partial charge in [0.2, 0.25) is 0 Å². The molecule has 0 fully saturated rings. The van der Waals surface area contributed by atoms with E-state index in [1.165, 1.54) is 12.1 Å². The molecule has 0 radical (unpaired) electrons. The average molecular weight is 429 g/mol. The third kappa shape index (κ3) is 4.80. The molecule has 31 heavy (non-hydrogen) atoms. The van der Waals surface area contributed by atoms with E-state index < -0.39 is 18.8 Å². The van der Waals surface area contributed by atoms with Crippen LogP contribution in [0.2, 0.25) is 0 Å². The molecule has 0 saturated carbocycles. The topological polar surface area (TPSA) is 71.3 Å². The summed E-state index contributed by atoms with van der Waals surface area (Å²) in [6.07, 6.45) is 0.455. The number of rotatable bonds is 4. The highest BCUT2D eigenvalue weighted by Gasteiger charge is 2.27. The summed E-state index contributed by atoms with van der Waals surface area (Å²) in [6, 6.07) is 11.6. The Bertz CT molecular complexity index is 1230. The van der Waals surface area contributed by atoms with E-state index in [0.29, 0.717) is 28.3 Å². The molecule has 0 aliphatic carbocycles. The van der Waals surface area contributed by atoms with Gasteiger partial charge in [0.25, 0.3) is 0 Å². The molecule has 0 spiro atoms. The number of imidazole rings is 1. The van der Waals surface area contributed by atoms with E-state index in [4.69, 9.17) is 0 Å². The standard InChI is InChI=1S/C21H15F4N5O/c22-15-6-4-13(5-7-15)17-11-30-18(9-27-19(30)10-26-17)14-2-1-3-16(8-14)29-20(31)28-12-21(23,24)25/h1-11H,12H2,(H2,28,29,31). The van der Waals surface area contributed by atoms with Crippen molar-refractivity contribution in [3.8, 4) is 22.5 Å². The smallest absolute Gasteiger partial charge is 0.329 e. The van der Waals surface area contributed by atoms with E-state index in [1.54, 1.807) is 64.7 Å². The summed E-state index contributed by atoms with van der Waals surface area (Å²) in [7, 11) is 0. The number of carbonyl (C=O) groups excluding carboxylic acids is 1. The van der Waals surface area contributed by atoms with Crippen LogP contribution in [-0.4, -0.2) is 33.1 Å². The Kier molecular flexibility index (Phi) is 5.28. The summed E-state index contributed by atoms with van der Waals surface area (Å²) in [6.45, 7) is -1.43. The van der Waals surface area contributed by atoms with Crippen LogP contribution in [0.1, 0.15) is 0 Å².